The Hall–Kier alpha value is -2.93. The number of hydrogen-bond acceptors (Lipinski definition) is 7. The Kier molecular flexibility index (Phi) is 7.83. The van der Waals surface area contributed by atoms with Crippen LogP contribution in [-0.4, -0.2) is 41.9 Å². The average molecular weight is 500 g/mol. The van der Waals surface area contributed by atoms with E-state index in [1.54, 1.807) is 18.3 Å². The SMILES string of the molecule is CCP(CC)c1ccccc1Nc1nc(Nc2ccc(C(=O)NOC)c3c2OCC3)ncc1Cl. The Morgan fingerprint density at radius 2 is 1.94 bits per heavy atom. The van der Waals surface area contributed by atoms with Crippen LogP contribution in [0.15, 0.2) is 42.6 Å². The van der Waals surface area contributed by atoms with Gasteiger partial charge in [-0.2, -0.15) is 4.98 Å². The number of halogens is 1. The highest BCUT2D eigenvalue weighted by Crippen LogP contribution is 2.39. The third kappa shape index (κ3) is 5.09. The smallest absolute Gasteiger partial charge is 0.275 e. The van der Waals surface area contributed by atoms with E-state index in [-0.39, 0.29) is 13.8 Å². The van der Waals surface area contributed by atoms with Gasteiger partial charge in [0, 0.05) is 23.2 Å². The van der Waals surface area contributed by atoms with Gasteiger partial charge < -0.3 is 15.4 Å². The minimum atomic E-state index is -0.317. The Labute approximate surface area is 205 Å². The summed E-state index contributed by atoms with van der Waals surface area (Å²) in [5.41, 5.74) is 5.36. The van der Waals surface area contributed by atoms with Crippen molar-refractivity contribution in [1.29, 1.82) is 0 Å². The Morgan fingerprint density at radius 3 is 2.71 bits per heavy atom. The third-order valence-corrected chi connectivity index (χ3v) is 8.43. The molecule has 0 radical (unpaired) electrons. The van der Waals surface area contributed by atoms with Gasteiger partial charge >= 0.3 is 0 Å². The highest BCUT2D eigenvalue weighted by atomic mass is 35.5. The van der Waals surface area contributed by atoms with Gasteiger partial charge in [0.25, 0.3) is 5.91 Å². The molecular weight excluding hydrogens is 473 g/mol. The van der Waals surface area contributed by atoms with Gasteiger partial charge in [-0.1, -0.05) is 51.6 Å². The monoisotopic (exact) mass is 499 g/mol. The van der Waals surface area contributed by atoms with Crippen LogP contribution in [0.2, 0.25) is 5.02 Å². The lowest BCUT2D eigenvalue weighted by Gasteiger charge is -2.19. The zero-order valence-corrected chi connectivity index (χ0v) is 21.0. The van der Waals surface area contributed by atoms with E-state index in [4.69, 9.17) is 21.2 Å². The van der Waals surface area contributed by atoms with Crippen molar-refractivity contribution in [1.82, 2.24) is 15.4 Å². The molecule has 3 aromatic rings. The number of hydrogen-bond donors (Lipinski definition) is 3. The molecule has 1 aromatic heterocycles. The van der Waals surface area contributed by atoms with E-state index in [9.17, 15) is 4.79 Å². The first kappa shape index (κ1) is 24.2. The molecular formula is C24H27ClN5O3P. The summed E-state index contributed by atoms with van der Waals surface area (Å²) in [6.07, 6.45) is 4.41. The van der Waals surface area contributed by atoms with Crippen LogP contribution in [-0.2, 0) is 11.3 Å². The van der Waals surface area contributed by atoms with Crippen molar-refractivity contribution in [3.63, 3.8) is 0 Å². The van der Waals surface area contributed by atoms with Gasteiger partial charge in [-0.15, -0.1) is 0 Å². The van der Waals surface area contributed by atoms with Crippen LogP contribution in [0.3, 0.4) is 0 Å². The lowest BCUT2D eigenvalue weighted by atomic mass is 10.0. The van der Waals surface area contributed by atoms with Crippen molar-refractivity contribution < 1.29 is 14.4 Å². The molecule has 4 rings (SSSR count). The number of anilines is 4. The molecule has 2 heterocycles. The van der Waals surface area contributed by atoms with Gasteiger partial charge in [-0.3, -0.25) is 9.63 Å². The summed E-state index contributed by atoms with van der Waals surface area (Å²) in [6.45, 7) is 4.93. The maximum Gasteiger partial charge on any atom is 0.275 e. The fraction of sp³-hybridized carbons (Fsp3) is 0.292. The molecule has 0 atom stereocenters. The van der Waals surface area contributed by atoms with Crippen molar-refractivity contribution in [2.24, 2.45) is 0 Å². The molecule has 0 unspecified atom stereocenters. The highest BCUT2D eigenvalue weighted by molar-refractivity contribution is 7.65. The van der Waals surface area contributed by atoms with E-state index in [0.717, 1.165) is 23.6 Å². The Morgan fingerprint density at radius 1 is 1.15 bits per heavy atom. The van der Waals surface area contributed by atoms with Crippen LogP contribution in [0.1, 0.15) is 29.8 Å². The van der Waals surface area contributed by atoms with E-state index in [2.05, 4.69) is 52.1 Å². The molecule has 1 aliphatic heterocycles. The molecule has 0 spiro atoms. The number of carbonyl (C=O) groups excluding carboxylic acids is 1. The van der Waals surface area contributed by atoms with Crippen molar-refractivity contribution in [2.75, 3.05) is 36.7 Å². The highest BCUT2D eigenvalue weighted by Gasteiger charge is 2.24. The zero-order chi connectivity index (χ0) is 24.1. The maximum atomic E-state index is 12.3. The second-order valence-electron chi connectivity index (χ2n) is 7.53. The van der Waals surface area contributed by atoms with E-state index < -0.39 is 0 Å². The van der Waals surface area contributed by atoms with Crippen LogP contribution in [0.4, 0.5) is 23.1 Å². The molecule has 34 heavy (non-hydrogen) atoms. The van der Waals surface area contributed by atoms with Gasteiger partial charge in [0.1, 0.15) is 10.8 Å². The number of benzene rings is 2. The number of amides is 1. The Bertz CT molecular complexity index is 1190. The summed E-state index contributed by atoms with van der Waals surface area (Å²) in [4.78, 5) is 26.0. The first-order valence-electron chi connectivity index (χ1n) is 11.1. The molecule has 178 valence electrons. The van der Waals surface area contributed by atoms with Crippen LogP contribution < -0.4 is 26.2 Å². The van der Waals surface area contributed by atoms with Crippen molar-refractivity contribution >= 4 is 53.9 Å². The molecule has 8 nitrogen and oxygen atoms in total. The molecule has 0 saturated heterocycles. The van der Waals surface area contributed by atoms with Gasteiger partial charge in [0.2, 0.25) is 5.95 Å². The second-order valence-corrected chi connectivity index (χ2v) is 10.8. The van der Waals surface area contributed by atoms with E-state index in [1.165, 1.54) is 12.4 Å². The van der Waals surface area contributed by atoms with Crippen LogP contribution in [0.5, 0.6) is 5.75 Å². The number of fused-ring (bicyclic) bond motifs is 1. The minimum absolute atomic E-state index is 0.263. The predicted molar refractivity (Wildman–Crippen MR) is 138 cm³/mol. The van der Waals surface area contributed by atoms with Crippen molar-refractivity contribution in [2.45, 2.75) is 20.3 Å². The molecule has 3 N–H and O–H groups in total. The Balaban J connectivity index is 1.61. The van der Waals surface area contributed by atoms with E-state index in [0.29, 0.717) is 46.8 Å². The van der Waals surface area contributed by atoms with Gasteiger partial charge in [-0.05, 0) is 35.8 Å². The second kappa shape index (κ2) is 11.0. The van der Waals surface area contributed by atoms with Crippen LogP contribution >= 0.6 is 19.5 Å². The molecule has 1 aliphatic rings. The fourth-order valence-corrected chi connectivity index (χ4v) is 5.97. The first-order valence-corrected chi connectivity index (χ1v) is 13.2. The van der Waals surface area contributed by atoms with Crippen LogP contribution in [0, 0.1) is 0 Å². The molecule has 0 fully saturated rings. The number of carbonyl (C=O) groups is 1. The largest absolute Gasteiger partial charge is 0.491 e. The number of nitrogens with zero attached hydrogens (tertiary/aromatic N) is 2. The molecule has 0 aliphatic carbocycles. The van der Waals surface area contributed by atoms with E-state index >= 15 is 0 Å². The summed E-state index contributed by atoms with van der Waals surface area (Å²) in [5.74, 6) is 1.17. The standard InChI is InChI=1S/C24H27ClN5O3P/c1-4-34(5-2)20-9-7-6-8-18(20)27-22-17(25)14-26-24(29-22)28-19-11-10-16(23(31)30-32-3)15-12-13-33-21(15)19/h6-11,14H,4-5,12-13H2,1-3H3,(H,30,31)(H2,26,27,28,29). The quantitative estimate of drug-likeness (QED) is 0.282. The zero-order valence-electron chi connectivity index (χ0n) is 19.3. The number of nitrogens with one attached hydrogen (secondary N) is 3. The third-order valence-electron chi connectivity index (χ3n) is 5.55. The number of rotatable bonds is 9. The average Bonchev–Trinajstić information content (AvgIpc) is 3.34. The first-order chi connectivity index (χ1) is 16.5. The number of ether oxygens (including phenoxy) is 1. The normalized spacial score (nSPS) is 12.3. The topological polar surface area (TPSA) is 97.4 Å². The summed E-state index contributed by atoms with van der Waals surface area (Å²) in [6, 6.07) is 11.8. The molecule has 0 bridgehead atoms. The summed E-state index contributed by atoms with van der Waals surface area (Å²) in [7, 11) is 1.14. The molecule has 2 aromatic carbocycles. The summed E-state index contributed by atoms with van der Waals surface area (Å²) < 4.78 is 5.81. The molecule has 1 amide bonds. The fourth-order valence-electron chi connectivity index (χ4n) is 3.94. The number of para-hydroxylation sites is 1. The molecule has 0 saturated carbocycles. The van der Waals surface area contributed by atoms with Gasteiger partial charge in [-0.25, -0.2) is 10.5 Å². The maximum absolute atomic E-state index is 12.3. The van der Waals surface area contributed by atoms with E-state index in [1.807, 2.05) is 12.1 Å². The van der Waals surface area contributed by atoms with Gasteiger partial charge in [0.15, 0.2) is 5.82 Å². The van der Waals surface area contributed by atoms with Crippen LogP contribution in [0.25, 0.3) is 0 Å². The molecule has 10 heteroatoms. The number of hydroxylamine groups is 1. The number of aromatic nitrogens is 2. The predicted octanol–water partition coefficient (Wildman–Crippen LogP) is 4.99. The minimum Gasteiger partial charge on any atom is -0.491 e. The van der Waals surface area contributed by atoms with Crippen molar-refractivity contribution in [3.8, 4) is 5.75 Å². The summed E-state index contributed by atoms with van der Waals surface area (Å²) in [5, 5.41) is 8.33. The van der Waals surface area contributed by atoms with Gasteiger partial charge in [0.05, 0.1) is 25.6 Å². The van der Waals surface area contributed by atoms with Crippen molar-refractivity contribution in [3.05, 3.63) is 58.7 Å². The summed E-state index contributed by atoms with van der Waals surface area (Å²) >= 11 is 6.44. The lowest BCUT2D eigenvalue weighted by Crippen LogP contribution is -2.23. The lowest BCUT2D eigenvalue weighted by molar-refractivity contribution is 0.0537.